The van der Waals surface area contributed by atoms with Crippen LogP contribution in [0.2, 0.25) is 0 Å². The van der Waals surface area contributed by atoms with Crippen molar-refractivity contribution < 1.29 is 14.6 Å². The Kier molecular flexibility index (Phi) is 2.83. The van der Waals surface area contributed by atoms with E-state index in [1.165, 1.54) is 6.07 Å². The van der Waals surface area contributed by atoms with Crippen molar-refractivity contribution in [3.05, 3.63) is 24.2 Å². The van der Waals surface area contributed by atoms with E-state index in [1.807, 2.05) is 4.90 Å². The van der Waals surface area contributed by atoms with Crippen LogP contribution in [0.15, 0.2) is 18.5 Å². The molecule has 3 rings (SSSR count). The van der Waals surface area contributed by atoms with E-state index in [1.54, 1.807) is 23.9 Å². The van der Waals surface area contributed by atoms with E-state index in [9.17, 15) is 4.79 Å². The third-order valence-corrected chi connectivity index (χ3v) is 3.35. The average molecular weight is 262 g/mol. The Morgan fingerprint density at radius 3 is 3.11 bits per heavy atom. The molecule has 2 aromatic heterocycles. The van der Waals surface area contributed by atoms with Gasteiger partial charge in [0.25, 0.3) is 0 Å². The molecule has 1 aliphatic rings. The van der Waals surface area contributed by atoms with Crippen molar-refractivity contribution in [2.45, 2.75) is 12.5 Å². The van der Waals surface area contributed by atoms with Gasteiger partial charge in [-0.1, -0.05) is 0 Å². The third-order valence-electron chi connectivity index (χ3n) is 3.35. The van der Waals surface area contributed by atoms with Gasteiger partial charge in [-0.25, -0.2) is 14.8 Å². The summed E-state index contributed by atoms with van der Waals surface area (Å²) < 4.78 is 7.12. The number of carbonyl (C=O) groups is 1. The fourth-order valence-electron chi connectivity index (χ4n) is 2.34. The number of hydrogen-bond acceptors (Lipinski definition) is 5. The molecule has 1 aliphatic heterocycles. The lowest BCUT2D eigenvalue weighted by Gasteiger charge is -2.18. The number of nitrogens with zero attached hydrogens (tertiary/aromatic N) is 4. The minimum absolute atomic E-state index is 0.00886. The van der Waals surface area contributed by atoms with Crippen LogP contribution in [0.25, 0.3) is 5.65 Å². The monoisotopic (exact) mass is 262 g/mol. The maximum absolute atomic E-state index is 11.1. The molecular formula is C12H14N4O3. The quantitative estimate of drug-likeness (QED) is 0.875. The summed E-state index contributed by atoms with van der Waals surface area (Å²) in [7, 11) is 1.68. The van der Waals surface area contributed by atoms with Crippen LogP contribution in [0.4, 0.5) is 5.95 Å². The molecule has 0 aromatic carbocycles. The van der Waals surface area contributed by atoms with Gasteiger partial charge in [-0.2, -0.15) is 0 Å². The lowest BCUT2D eigenvalue weighted by molar-refractivity contribution is 0.0690. The summed E-state index contributed by atoms with van der Waals surface area (Å²) in [5.41, 5.74) is 0.595. The van der Waals surface area contributed by atoms with Gasteiger partial charge in [0.2, 0.25) is 5.95 Å². The number of ether oxygens (including phenoxy) is 1. The molecule has 0 saturated carbocycles. The normalized spacial score (nSPS) is 19.2. The first kappa shape index (κ1) is 11.9. The highest BCUT2D eigenvalue weighted by atomic mass is 16.5. The van der Waals surface area contributed by atoms with Crippen LogP contribution in [0.3, 0.4) is 0 Å². The van der Waals surface area contributed by atoms with Gasteiger partial charge < -0.3 is 14.7 Å². The Morgan fingerprint density at radius 2 is 2.42 bits per heavy atom. The molecule has 100 valence electrons. The maximum Gasteiger partial charge on any atom is 0.354 e. The standard InChI is InChI=1S/C12H14N4O3/c1-19-8-2-4-15(7-8)12-14-9(11(17)18)6-10-13-3-5-16(10)12/h3,5-6,8H,2,4,7H2,1H3,(H,17,18). The predicted octanol–water partition coefficient (Wildman–Crippen LogP) is 0.653. The molecule has 0 aliphatic carbocycles. The molecule has 1 unspecified atom stereocenters. The molecular weight excluding hydrogens is 248 g/mol. The summed E-state index contributed by atoms with van der Waals surface area (Å²) in [4.78, 5) is 21.5. The molecule has 19 heavy (non-hydrogen) atoms. The van der Waals surface area contributed by atoms with Gasteiger partial charge in [-0.05, 0) is 6.42 Å². The smallest absolute Gasteiger partial charge is 0.354 e. The number of fused-ring (bicyclic) bond motifs is 1. The van der Waals surface area contributed by atoms with E-state index in [4.69, 9.17) is 9.84 Å². The second-order valence-electron chi connectivity index (χ2n) is 4.49. The van der Waals surface area contributed by atoms with E-state index in [-0.39, 0.29) is 11.8 Å². The molecule has 1 fully saturated rings. The maximum atomic E-state index is 11.1. The van der Waals surface area contributed by atoms with Crippen LogP contribution in [-0.2, 0) is 4.74 Å². The van der Waals surface area contributed by atoms with Gasteiger partial charge >= 0.3 is 5.97 Å². The van der Waals surface area contributed by atoms with Gasteiger partial charge in [0.05, 0.1) is 6.10 Å². The van der Waals surface area contributed by atoms with Crippen molar-refractivity contribution >= 4 is 17.6 Å². The Balaban J connectivity index is 2.06. The Morgan fingerprint density at radius 1 is 1.58 bits per heavy atom. The Bertz CT molecular complexity index is 624. The van der Waals surface area contributed by atoms with Crippen molar-refractivity contribution in [3.63, 3.8) is 0 Å². The average Bonchev–Trinajstić information content (AvgIpc) is 3.06. The van der Waals surface area contributed by atoms with Crippen molar-refractivity contribution in [2.75, 3.05) is 25.1 Å². The van der Waals surface area contributed by atoms with Crippen LogP contribution in [0.1, 0.15) is 16.9 Å². The third kappa shape index (κ3) is 2.01. The van der Waals surface area contributed by atoms with Crippen LogP contribution in [0, 0.1) is 0 Å². The van der Waals surface area contributed by atoms with Crippen molar-refractivity contribution in [1.29, 1.82) is 0 Å². The second-order valence-corrected chi connectivity index (χ2v) is 4.49. The van der Waals surface area contributed by atoms with E-state index in [2.05, 4.69) is 9.97 Å². The Hall–Kier alpha value is -2.15. The van der Waals surface area contributed by atoms with Gasteiger partial charge in [0, 0.05) is 38.7 Å². The lowest BCUT2D eigenvalue weighted by Crippen LogP contribution is -2.26. The highest BCUT2D eigenvalue weighted by Crippen LogP contribution is 2.21. The molecule has 1 N–H and O–H groups in total. The zero-order valence-corrected chi connectivity index (χ0v) is 10.5. The SMILES string of the molecule is COC1CCN(c2nc(C(=O)O)cc3nccn23)C1. The summed E-state index contributed by atoms with van der Waals surface area (Å²) >= 11 is 0. The van der Waals surface area contributed by atoms with E-state index in [0.29, 0.717) is 18.1 Å². The number of carboxylic acids is 1. The predicted molar refractivity (Wildman–Crippen MR) is 67.6 cm³/mol. The molecule has 1 saturated heterocycles. The van der Waals surface area contributed by atoms with Gasteiger partial charge in [0.15, 0.2) is 5.69 Å². The number of hydrogen-bond donors (Lipinski definition) is 1. The van der Waals surface area contributed by atoms with Crippen LogP contribution in [-0.4, -0.2) is 51.7 Å². The van der Waals surface area contributed by atoms with Crippen molar-refractivity contribution in [1.82, 2.24) is 14.4 Å². The summed E-state index contributed by atoms with van der Waals surface area (Å²) in [6.45, 7) is 1.50. The summed E-state index contributed by atoms with van der Waals surface area (Å²) in [6.07, 6.45) is 4.49. The molecule has 1 atom stereocenters. The topological polar surface area (TPSA) is 80.0 Å². The van der Waals surface area contributed by atoms with Gasteiger partial charge in [-0.3, -0.25) is 4.40 Å². The zero-order valence-electron chi connectivity index (χ0n) is 10.5. The van der Waals surface area contributed by atoms with Gasteiger partial charge in [0.1, 0.15) is 5.65 Å². The Labute approximate surface area is 109 Å². The first-order valence-electron chi connectivity index (χ1n) is 6.04. The fraction of sp³-hybridized carbons (Fsp3) is 0.417. The fourth-order valence-corrected chi connectivity index (χ4v) is 2.34. The molecule has 3 heterocycles. The molecule has 0 amide bonds. The molecule has 0 bridgehead atoms. The number of aromatic nitrogens is 3. The number of carboxylic acid groups (broad SMARTS) is 1. The minimum atomic E-state index is -1.05. The molecule has 7 heteroatoms. The number of rotatable bonds is 3. The van der Waals surface area contributed by atoms with Crippen LogP contribution < -0.4 is 4.90 Å². The van der Waals surface area contributed by atoms with E-state index in [0.717, 1.165) is 13.0 Å². The summed E-state index contributed by atoms with van der Waals surface area (Å²) in [5, 5.41) is 9.10. The summed E-state index contributed by atoms with van der Waals surface area (Å²) in [5.74, 6) is -0.443. The lowest BCUT2D eigenvalue weighted by atomic mass is 10.3. The van der Waals surface area contributed by atoms with E-state index < -0.39 is 5.97 Å². The second kappa shape index (κ2) is 4.51. The van der Waals surface area contributed by atoms with Crippen LogP contribution >= 0.6 is 0 Å². The van der Waals surface area contributed by atoms with E-state index >= 15 is 0 Å². The number of aromatic carboxylic acids is 1. The molecule has 2 aromatic rings. The molecule has 0 spiro atoms. The number of methoxy groups -OCH3 is 1. The zero-order chi connectivity index (χ0) is 13.4. The number of imidazole rings is 1. The first-order chi connectivity index (χ1) is 9.19. The molecule has 7 nitrogen and oxygen atoms in total. The van der Waals surface area contributed by atoms with Crippen LogP contribution in [0.5, 0.6) is 0 Å². The highest BCUT2D eigenvalue weighted by molar-refractivity contribution is 5.87. The number of anilines is 1. The highest BCUT2D eigenvalue weighted by Gasteiger charge is 2.25. The van der Waals surface area contributed by atoms with Crippen molar-refractivity contribution in [2.24, 2.45) is 0 Å². The van der Waals surface area contributed by atoms with Crippen molar-refractivity contribution in [3.8, 4) is 0 Å². The molecule has 0 radical (unpaired) electrons. The largest absolute Gasteiger partial charge is 0.477 e. The minimum Gasteiger partial charge on any atom is -0.477 e. The first-order valence-corrected chi connectivity index (χ1v) is 6.04. The van der Waals surface area contributed by atoms with Gasteiger partial charge in [-0.15, -0.1) is 0 Å². The summed E-state index contributed by atoms with van der Waals surface area (Å²) in [6, 6.07) is 1.47.